The molecule has 0 aromatic heterocycles. The Morgan fingerprint density at radius 3 is 2.60 bits per heavy atom. The second-order valence-corrected chi connectivity index (χ2v) is 4.68. The van der Waals surface area contributed by atoms with Crippen molar-refractivity contribution >= 4 is 33.4 Å². The minimum absolute atomic E-state index is 0.0963. The predicted octanol–water partition coefficient (Wildman–Crippen LogP) is 1.57. The van der Waals surface area contributed by atoms with Gasteiger partial charge in [-0.3, -0.25) is 19.7 Å². The molecule has 0 heterocycles. The molecule has 1 aromatic carbocycles. The van der Waals surface area contributed by atoms with Gasteiger partial charge in [0, 0.05) is 19.7 Å². The third-order valence-corrected chi connectivity index (χ3v) is 3.52. The molecule has 108 valence electrons. The number of amides is 2. The summed E-state index contributed by atoms with van der Waals surface area (Å²) >= 11 is 3.07. The summed E-state index contributed by atoms with van der Waals surface area (Å²) in [7, 11) is 1.48. The second kappa shape index (κ2) is 6.99. The molecular weight excluding hydrogens is 330 g/mol. The van der Waals surface area contributed by atoms with Gasteiger partial charge in [0.15, 0.2) is 0 Å². The zero-order valence-corrected chi connectivity index (χ0v) is 12.6. The van der Waals surface area contributed by atoms with Gasteiger partial charge in [-0.1, -0.05) is 6.07 Å². The number of nitrogens with zero attached hydrogens (tertiary/aromatic N) is 2. The molecule has 20 heavy (non-hydrogen) atoms. The fourth-order valence-corrected chi connectivity index (χ4v) is 2.15. The molecule has 0 aliphatic rings. The van der Waals surface area contributed by atoms with E-state index in [0.29, 0.717) is 6.54 Å². The van der Waals surface area contributed by atoms with Crippen LogP contribution in [0.5, 0.6) is 0 Å². The average molecular weight is 344 g/mol. The maximum Gasteiger partial charge on any atom is 0.284 e. The Balaban J connectivity index is 3.10. The first-order chi connectivity index (χ1) is 9.42. The van der Waals surface area contributed by atoms with Gasteiger partial charge in [-0.15, -0.1) is 0 Å². The highest BCUT2D eigenvalue weighted by atomic mass is 79.9. The van der Waals surface area contributed by atoms with Gasteiger partial charge in [0.1, 0.15) is 4.47 Å². The molecule has 8 heteroatoms. The van der Waals surface area contributed by atoms with E-state index in [0.717, 1.165) is 0 Å². The molecular formula is C12H14BrN3O4. The molecule has 0 bridgehead atoms. The van der Waals surface area contributed by atoms with E-state index >= 15 is 0 Å². The van der Waals surface area contributed by atoms with Gasteiger partial charge >= 0.3 is 0 Å². The van der Waals surface area contributed by atoms with Crippen molar-refractivity contribution in [3.8, 4) is 0 Å². The first kappa shape index (κ1) is 16.1. The summed E-state index contributed by atoms with van der Waals surface area (Å²) in [6.45, 7) is 1.95. The summed E-state index contributed by atoms with van der Waals surface area (Å²) in [5, 5.41) is 13.3. The summed E-state index contributed by atoms with van der Waals surface area (Å²) in [6, 6.07) is 4.21. The molecule has 0 saturated carbocycles. The first-order valence-electron chi connectivity index (χ1n) is 5.85. The maximum atomic E-state index is 12.3. The Hall–Kier alpha value is -1.96. The van der Waals surface area contributed by atoms with Crippen molar-refractivity contribution < 1.29 is 14.5 Å². The number of nitro benzene ring substituents is 1. The highest BCUT2D eigenvalue weighted by Crippen LogP contribution is 2.29. The number of benzene rings is 1. The molecule has 0 atom stereocenters. The third-order valence-electron chi connectivity index (χ3n) is 2.69. The van der Waals surface area contributed by atoms with E-state index in [9.17, 15) is 19.7 Å². The van der Waals surface area contributed by atoms with E-state index in [2.05, 4.69) is 21.2 Å². The Morgan fingerprint density at radius 2 is 2.10 bits per heavy atom. The van der Waals surface area contributed by atoms with E-state index < -0.39 is 10.8 Å². The van der Waals surface area contributed by atoms with E-state index in [4.69, 9.17) is 0 Å². The highest BCUT2D eigenvalue weighted by Gasteiger charge is 2.23. The minimum atomic E-state index is -0.574. The largest absolute Gasteiger partial charge is 0.358 e. The van der Waals surface area contributed by atoms with Crippen LogP contribution in [0.15, 0.2) is 22.7 Å². The van der Waals surface area contributed by atoms with E-state index in [1.807, 2.05) is 0 Å². The highest BCUT2D eigenvalue weighted by molar-refractivity contribution is 9.10. The topological polar surface area (TPSA) is 92.6 Å². The summed E-state index contributed by atoms with van der Waals surface area (Å²) in [4.78, 5) is 35.2. The molecule has 0 radical (unpaired) electrons. The summed E-state index contributed by atoms with van der Waals surface area (Å²) in [5.74, 6) is -0.742. The smallest absolute Gasteiger partial charge is 0.284 e. The summed E-state index contributed by atoms with van der Waals surface area (Å²) in [5.41, 5.74) is -0.0307. The van der Waals surface area contributed by atoms with Crippen molar-refractivity contribution in [1.29, 1.82) is 0 Å². The van der Waals surface area contributed by atoms with Crippen LogP contribution in [0.4, 0.5) is 5.69 Å². The monoisotopic (exact) mass is 343 g/mol. The predicted molar refractivity (Wildman–Crippen MR) is 76.4 cm³/mol. The molecule has 1 N–H and O–H groups in total. The van der Waals surface area contributed by atoms with Crippen LogP contribution in [-0.2, 0) is 4.79 Å². The van der Waals surface area contributed by atoms with Crippen LogP contribution in [0.25, 0.3) is 0 Å². The Kier molecular flexibility index (Phi) is 5.63. The quantitative estimate of drug-likeness (QED) is 0.648. The summed E-state index contributed by atoms with van der Waals surface area (Å²) in [6.07, 6.45) is 0. The number of carbonyl (C=O) groups is 2. The fourth-order valence-electron chi connectivity index (χ4n) is 1.58. The van der Waals surface area contributed by atoms with Crippen LogP contribution in [-0.4, -0.2) is 41.8 Å². The van der Waals surface area contributed by atoms with E-state index in [1.165, 1.54) is 30.1 Å². The van der Waals surface area contributed by atoms with Crippen LogP contribution in [0.2, 0.25) is 0 Å². The lowest BCUT2D eigenvalue weighted by Gasteiger charge is -2.20. The first-order valence-corrected chi connectivity index (χ1v) is 6.64. The number of hydrogen-bond acceptors (Lipinski definition) is 4. The Morgan fingerprint density at radius 1 is 1.45 bits per heavy atom. The lowest BCUT2D eigenvalue weighted by molar-refractivity contribution is -0.385. The number of halogens is 1. The van der Waals surface area contributed by atoms with Crippen molar-refractivity contribution in [2.45, 2.75) is 6.92 Å². The summed E-state index contributed by atoms with van der Waals surface area (Å²) < 4.78 is 0.116. The number of nitrogens with one attached hydrogen (secondary N) is 1. The molecule has 1 rings (SSSR count). The third kappa shape index (κ3) is 3.53. The Labute approximate surface area is 124 Å². The van der Waals surface area contributed by atoms with Gasteiger partial charge in [-0.05, 0) is 28.9 Å². The van der Waals surface area contributed by atoms with Crippen molar-refractivity contribution in [3.05, 3.63) is 38.3 Å². The van der Waals surface area contributed by atoms with Gasteiger partial charge < -0.3 is 10.2 Å². The Bertz CT molecular complexity index is 548. The van der Waals surface area contributed by atoms with Gasteiger partial charge in [-0.2, -0.15) is 0 Å². The molecule has 0 aliphatic heterocycles. The van der Waals surface area contributed by atoms with Crippen LogP contribution < -0.4 is 5.32 Å². The molecule has 0 aliphatic carbocycles. The molecule has 0 unspecified atom stereocenters. The van der Waals surface area contributed by atoms with Crippen molar-refractivity contribution in [1.82, 2.24) is 10.2 Å². The molecule has 1 aromatic rings. The van der Waals surface area contributed by atoms with Gasteiger partial charge in [0.05, 0.1) is 17.0 Å². The number of rotatable bonds is 5. The van der Waals surface area contributed by atoms with Gasteiger partial charge in [0.25, 0.3) is 11.6 Å². The van der Waals surface area contributed by atoms with E-state index in [1.54, 1.807) is 6.92 Å². The van der Waals surface area contributed by atoms with Crippen LogP contribution >= 0.6 is 15.9 Å². The fraction of sp³-hybridized carbons (Fsp3) is 0.333. The van der Waals surface area contributed by atoms with Gasteiger partial charge in [-0.25, -0.2) is 0 Å². The maximum absolute atomic E-state index is 12.3. The average Bonchev–Trinajstić information content (AvgIpc) is 2.43. The molecule has 7 nitrogen and oxygen atoms in total. The van der Waals surface area contributed by atoms with Crippen LogP contribution in [0.1, 0.15) is 17.3 Å². The standard InChI is InChI=1S/C12H14BrN3O4/c1-3-15(7-10(17)14-2)12(18)8-5-4-6-9(11(8)13)16(19)20/h4-6H,3,7H2,1-2H3,(H,14,17). The molecule has 0 saturated heterocycles. The second-order valence-electron chi connectivity index (χ2n) is 3.89. The van der Waals surface area contributed by atoms with E-state index in [-0.39, 0.29) is 28.2 Å². The molecule has 0 spiro atoms. The lowest BCUT2D eigenvalue weighted by Crippen LogP contribution is -2.39. The van der Waals surface area contributed by atoms with Crippen molar-refractivity contribution in [3.63, 3.8) is 0 Å². The molecule has 0 fully saturated rings. The van der Waals surface area contributed by atoms with Crippen LogP contribution in [0, 0.1) is 10.1 Å². The van der Waals surface area contributed by atoms with Crippen molar-refractivity contribution in [2.24, 2.45) is 0 Å². The lowest BCUT2D eigenvalue weighted by atomic mass is 10.1. The zero-order valence-electron chi connectivity index (χ0n) is 11.1. The SMILES string of the molecule is CCN(CC(=O)NC)C(=O)c1cccc([N+](=O)[O-])c1Br. The number of nitro groups is 1. The minimum Gasteiger partial charge on any atom is -0.358 e. The zero-order chi connectivity index (χ0) is 15.3. The van der Waals surface area contributed by atoms with Crippen LogP contribution in [0.3, 0.4) is 0 Å². The number of carbonyl (C=O) groups excluding carboxylic acids is 2. The number of hydrogen-bond donors (Lipinski definition) is 1. The molecule has 2 amide bonds. The van der Waals surface area contributed by atoms with Crippen molar-refractivity contribution in [2.75, 3.05) is 20.1 Å². The number of likely N-dealkylation sites (N-methyl/N-ethyl adjacent to an activating group) is 2. The normalized spacial score (nSPS) is 9.95. The van der Waals surface area contributed by atoms with Gasteiger partial charge in [0.2, 0.25) is 5.91 Å².